The van der Waals surface area contributed by atoms with Crippen LogP contribution in [-0.2, 0) is 6.42 Å². The van der Waals surface area contributed by atoms with Gasteiger partial charge in [-0.05, 0) is 6.42 Å². The van der Waals surface area contributed by atoms with E-state index in [1.165, 1.54) is 51.4 Å². The van der Waals surface area contributed by atoms with Crippen molar-refractivity contribution in [1.82, 2.24) is 9.97 Å². The fourth-order valence-electron chi connectivity index (χ4n) is 2.10. The first-order valence-corrected chi connectivity index (χ1v) is 7.89. The van der Waals surface area contributed by atoms with Gasteiger partial charge in [-0.25, -0.2) is 4.98 Å². The van der Waals surface area contributed by atoms with E-state index in [0.29, 0.717) is 10.3 Å². The molecule has 0 aliphatic carbocycles. The Bertz CT molecular complexity index is 304. The zero-order valence-corrected chi connectivity index (χ0v) is 12.8. The molecule has 1 aromatic rings. The van der Waals surface area contributed by atoms with Gasteiger partial charge < -0.3 is 4.98 Å². The van der Waals surface area contributed by atoms with E-state index in [4.69, 9.17) is 23.2 Å². The first-order valence-electron chi connectivity index (χ1n) is 7.14. The van der Waals surface area contributed by atoms with Crippen LogP contribution in [0.4, 0.5) is 0 Å². The summed E-state index contributed by atoms with van der Waals surface area (Å²) in [5.41, 5.74) is 0. The van der Waals surface area contributed by atoms with Crippen LogP contribution in [0.25, 0.3) is 0 Å². The summed E-state index contributed by atoms with van der Waals surface area (Å²) < 4.78 is 0. The number of imidazole rings is 1. The minimum atomic E-state index is 0.391. The average Bonchev–Trinajstić information content (AvgIpc) is 2.67. The van der Waals surface area contributed by atoms with Crippen LogP contribution in [0.15, 0.2) is 0 Å². The number of unbranched alkanes of at least 4 members (excludes halogenated alkanes) is 8. The van der Waals surface area contributed by atoms with Crippen LogP contribution >= 0.6 is 23.2 Å². The summed E-state index contributed by atoms with van der Waals surface area (Å²) in [5.74, 6) is 0.910. The number of aromatic amines is 1. The molecule has 0 aromatic carbocycles. The Morgan fingerprint density at radius 2 is 1.44 bits per heavy atom. The minimum Gasteiger partial charge on any atom is -0.332 e. The third kappa shape index (κ3) is 6.65. The number of nitrogens with zero attached hydrogens (tertiary/aromatic N) is 1. The molecule has 0 radical (unpaired) electrons. The van der Waals surface area contributed by atoms with E-state index in [0.717, 1.165) is 18.7 Å². The molecule has 0 bridgehead atoms. The highest BCUT2D eigenvalue weighted by Crippen LogP contribution is 2.19. The maximum absolute atomic E-state index is 5.80. The first-order chi connectivity index (χ1) is 8.74. The van der Waals surface area contributed by atoms with Gasteiger partial charge in [0.1, 0.15) is 11.0 Å². The molecule has 0 unspecified atom stereocenters. The van der Waals surface area contributed by atoms with E-state index in [9.17, 15) is 0 Å². The fraction of sp³-hybridized carbons (Fsp3) is 0.786. The summed E-state index contributed by atoms with van der Waals surface area (Å²) in [6, 6.07) is 0. The van der Waals surface area contributed by atoms with Gasteiger partial charge in [-0.15, -0.1) is 0 Å². The summed E-state index contributed by atoms with van der Waals surface area (Å²) in [7, 11) is 0. The third-order valence-corrected chi connectivity index (χ3v) is 3.83. The first kappa shape index (κ1) is 15.8. The van der Waals surface area contributed by atoms with Crippen LogP contribution in [0.1, 0.15) is 70.5 Å². The van der Waals surface area contributed by atoms with Gasteiger partial charge in [-0.1, -0.05) is 81.5 Å². The predicted molar refractivity (Wildman–Crippen MR) is 79.5 cm³/mol. The van der Waals surface area contributed by atoms with Crippen molar-refractivity contribution < 1.29 is 0 Å². The monoisotopic (exact) mass is 290 g/mol. The van der Waals surface area contributed by atoms with Gasteiger partial charge in [0.2, 0.25) is 0 Å². The highest BCUT2D eigenvalue weighted by molar-refractivity contribution is 6.40. The van der Waals surface area contributed by atoms with Gasteiger partial charge in [0.15, 0.2) is 5.15 Å². The van der Waals surface area contributed by atoms with Gasteiger partial charge in [0.05, 0.1) is 0 Å². The lowest BCUT2D eigenvalue weighted by molar-refractivity contribution is 0.562. The van der Waals surface area contributed by atoms with Crippen LogP contribution in [-0.4, -0.2) is 9.97 Å². The summed E-state index contributed by atoms with van der Waals surface area (Å²) in [6.45, 7) is 2.26. The summed E-state index contributed by atoms with van der Waals surface area (Å²) in [6.07, 6.45) is 13.0. The number of rotatable bonds is 10. The Morgan fingerprint density at radius 1 is 0.889 bits per heavy atom. The number of aryl methyl sites for hydroxylation is 1. The molecule has 1 heterocycles. The van der Waals surface area contributed by atoms with Crippen LogP contribution in [0.3, 0.4) is 0 Å². The average molecular weight is 291 g/mol. The number of hydrogen-bond donors (Lipinski definition) is 1. The van der Waals surface area contributed by atoms with Crippen molar-refractivity contribution in [2.45, 2.75) is 71.1 Å². The van der Waals surface area contributed by atoms with Crippen LogP contribution < -0.4 is 0 Å². The summed E-state index contributed by atoms with van der Waals surface area (Å²) >= 11 is 11.6. The molecule has 0 aliphatic rings. The Labute approximate surface area is 120 Å². The van der Waals surface area contributed by atoms with Crippen LogP contribution in [0, 0.1) is 0 Å². The standard InChI is InChI=1S/C14H24Cl2N2/c1-2-3-4-5-6-7-8-9-10-11-12-17-13(15)14(16)18-12/h2-11H2,1H3,(H,17,18). The number of aromatic nitrogens is 2. The number of H-pyrrole nitrogens is 1. The van der Waals surface area contributed by atoms with E-state index in [2.05, 4.69) is 16.9 Å². The molecule has 2 nitrogen and oxygen atoms in total. The SMILES string of the molecule is CCCCCCCCCCCc1nc(Cl)c(Cl)[nH]1. The molecule has 0 saturated carbocycles. The number of nitrogens with one attached hydrogen (secondary N) is 1. The maximum atomic E-state index is 5.80. The van der Waals surface area contributed by atoms with E-state index in [1.807, 2.05) is 0 Å². The Morgan fingerprint density at radius 3 is 1.94 bits per heavy atom. The molecule has 104 valence electrons. The van der Waals surface area contributed by atoms with E-state index in [1.54, 1.807) is 0 Å². The van der Waals surface area contributed by atoms with E-state index >= 15 is 0 Å². The molecule has 0 spiro atoms. The van der Waals surface area contributed by atoms with E-state index in [-0.39, 0.29) is 0 Å². The second-order valence-corrected chi connectivity index (χ2v) is 5.60. The van der Waals surface area contributed by atoms with Crippen molar-refractivity contribution in [2.24, 2.45) is 0 Å². The molecule has 18 heavy (non-hydrogen) atoms. The Hall–Kier alpha value is -0.210. The molecule has 0 atom stereocenters. The molecule has 0 fully saturated rings. The van der Waals surface area contributed by atoms with Crippen molar-refractivity contribution in [2.75, 3.05) is 0 Å². The highest BCUT2D eigenvalue weighted by atomic mass is 35.5. The highest BCUT2D eigenvalue weighted by Gasteiger charge is 2.04. The molecule has 4 heteroatoms. The quantitative estimate of drug-likeness (QED) is 0.543. The molecule has 1 N–H and O–H groups in total. The fourth-order valence-corrected chi connectivity index (χ4v) is 2.40. The number of hydrogen-bond acceptors (Lipinski definition) is 1. The van der Waals surface area contributed by atoms with Crippen LogP contribution in [0.5, 0.6) is 0 Å². The van der Waals surface area contributed by atoms with Crippen molar-refractivity contribution in [3.05, 3.63) is 16.1 Å². The molecule has 0 amide bonds. The lowest BCUT2D eigenvalue weighted by Crippen LogP contribution is -1.89. The van der Waals surface area contributed by atoms with Gasteiger partial charge in [0.25, 0.3) is 0 Å². The number of halogens is 2. The zero-order valence-electron chi connectivity index (χ0n) is 11.3. The van der Waals surface area contributed by atoms with Gasteiger partial charge in [-0.3, -0.25) is 0 Å². The molecule has 1 aromatic heterocycles. The Kier molecular flexibility index (Phi) is 8.53. The predicted octanol–water partition coefficient (Wildman–Crippen LogP) is 5.79. The lowest BCUT2D eigenvalue weighted by atomic mass is 10.1. The molecule has 1 rings (SSSR count). The van der Waals surface area contributed by atoms with E-state index < -0.39 is 0 Å². The van der Waals surface area contributed by atoms with Crippen molar-refractivity contribution in [1.29, 1.82) is 0 Å². The van der Waals surface area contributed by atoms with Gasteiger partial charge in [0, 0.05) is 6.42 Å². The minimum absolute atomic E-state index is 0.391. The molecule has 0 saturated heterocycles. The van der Waals surface area contributed by atoms with Gasteiger partial charge in [-0.2, -0.15) is 0 Å². The van der Waals surface area contributed by atoms with Crippen molar-refractivity contribution in [3.63, 3.8) is 0 Å². The van der Waals surface area contributed by atoms with Crippen molar-refractivity contribution in [3.8, 4) is 0 Å². The molecule has 0 aliphatic heterocycles. The normalized spacial score (nSPS) is 11.1. The smallest absolute Gasteiger partial charge is 0.166 e. The van der Waals surface area contributed by atoms with Crippen molar-refractivity contribution >= 4 is 23.2 Å². The largest absolute Gasteiger partial charge is 0.332 e. The maximum Gasteiger partial charge on any atom is 0.166 e. The lowest BCUT2D eigenvalue weighted by Gasteiger charge is -2.01. The Balaban J connectivity index is 1.92. The second kappa shape index (κ2) is 9.69. The molecular formula is C14H24Cl2N2. The van der Waals surface area contributed by atoms with Crippen LogP contribution in [0.2, 0.25) is 10.3 Å². The summed E-state index contributed by atoms with van der Waals surface area (Å²) in [5, 5.41) is 0.852. The molecular weight excluding hydrogens is 267 g/mol. The summed E-state index contributed by atoms with van der Waals surface area (Å²) in [4.78, 5) is 7.15. The van der Waals surface area contributed by atoms with Gasteiger partial charge >= 0.3 is 0 Å². The second-order valence-electron chi connectivity index (χ2n) is 4.87. The third-order valence-electron chi connectivity index (χ3n) is 3.19. The zero-order chi connectivity index (χ0) is 13.2. The topological polar surface area (TPSA) is 28.7 Å².